The number of rotatable bonds is 2. The fourth-order valence-corrected chi connectivity index (χ4v) is 0.997. The highest BCUT2D eigenvalue weighted by Gasteiger charge is 2.44. The second kappa shape index (κ2) is 3.99. The van der Waals surface area contributed by atoms with E-state index in [1.807, 2.05) is 0 Å². The molecular weight excluding hydrogens is 184 g/mol. The molecule has 0 aromatic rings. The summed E-state index contributed by atoms with van der Waals surface area (Å²) in [4.78, 5) is 9.87. The minimum Gasteiger partial charge on any atom is -0.435 e. The van der Waals surface area contributed by atoms with E-state index in [-0.39, 0.29) is 6.47 Å². The van der Waals surface area contributed by atoms with E-state index in [2.05, 4.69) is 9.47 Å². The van der Waals surface area contributed by atoms with Crippen molar-refractivity contribution in [1.29, 1.82) is 0 Å². The van der Waals surface area contributed by atoms with Crippen molar-refractivity contribution in [2.24, 2.45) is 0 Å². The molecule has 0 aromatic heterocycles. The van der Waals surface area contributed by atoms with Crippen LogP contribution in [0.3, 0.4) is 0 Å². The van der Waals surface area contributed by atoms with Crippen LogP contribution >= 0.6 is 0 Å². The maximum Gasteiger partial charge on any atom is 0.295 e. The summed E-state index contributed by atoms with van der Waals surface area (Å²) in [6, 6.07) is 0. The van der Waals surface area contributed by atoms with Gasteiger partial charge in [0.25, 0.3) is 6.47 Å². The Balaban J connectivity index is 2.64. The standard InChI is InChI=1S/C6H10O7/c7-1-12-6-4(10)2(8)3(9)5(11)13-6/h1-6,8-11H. The van der Waals surface area contributed by atoms with Crippen LogP contribution in [0.15, 0.2) is 0 Å². The number of carbonyl (C=O) groups is 1. The van der Waals surface area contributed by atoms with E-state index in [4.69, 9.17) is 20.4 Å². The number of aliphatic hydroxyl groups is 4. The van der Waals surface area contributed by atoms with Gasteiger partial charge in [0.2, 0.25) is 6.29 Å². The first-order valence-electron chi connectivity index (χ1n) is 3.54. The summed E-state index contributed by atoms with van der Waals surface area (Å²) in [5.74, 6) is 0. The van der Waals surface area contributed by atoms with Crippen LogP contribution in [0.5, 0.6) is 0 Å². The summed E-state index contributed by atoms with van der Waals surface area (Å²) in [6.45, 7) is 0.00499. The molecule has 0 aromatic carbocycles. The summed E-state index contributed by atoms with van der Waals surface area (Å²) in [5.41, 5.74) is 0. The van der Waals surface area contributed by atoms with E-state index < -0.39 is 30.9 Å². The predicted octanol–water partition coefficient (Wildman–Crippen LogP) is -3.08. The third-order valence-electron chi connectivity index (χ3n) is 1.73. The Morgan fingerprint density at radius 1 is 1.08 bits per heavy atom. The zero-order valence-corrected chi connectivity index (χ0v) is 6.48. The van der Waals surface area contributed by atoms with Gasteiger partial charge in [-0.25, -0.2) is 0 Å². The second-order valence-corrected chi connectivity index (χ2v) is 2.60. The summed E-state index contributed by atoms with van der Waals surface area (Å²) >= 11 is 0. The van der Waals surface area contributed by atoms with Crippen LogP contribution in [0.1, 0.15) is 0 Å². The monoisotopic (exact) mass is 194 g/mol. The third kappa shape index (κ3) is 1.95. The average molecular weight is 194 g/mol. The van der Waals surface area contributed by atoms with Gasteiger partial charge in [-0.3, -0.25) is 4.79 Å². The van der Waals surface area contributed by atoms with E-state index >= 15 is 0 Å². The van der Waals surface area contributed by atoms with Crippen molar-refractivity contribution >= 4 is 6.47 Å². The molecule has 1 aliphatic heterocycles. The topological polar surface area (TPSA) is 116 Å². The molecule has 5 unspecified atom stereocenters. The fourth-order valence-electron chi connectivity index (χ4n) is 0.997. The molecule has 0 bridgehead atoms. The molecule has 13 heavy (non-hydrogen) atoms. The molecule has 1 saturated heterocycles. The van der Waals surface area contributed by atoms with Crippen molar-refractivity contribution in [2.75, 3.05) is 0 Å². The lowest BCUT2D eigenvalue weighted by Gasteiger charge is -2.36. The second-order valence-electron chi connectivity index (χ2n) is 2.60. The minimum atomic E-state index is -1.69. The quantitative estimate of drug-likeness (QED) is 0.344. The maximum atomic E-state index is 9.87. The van der Waals surface area contributed by atoms with Gasteiger partial charge < -0.3 is 29.9 Å². The Labute approximate surface area is 73.1 Å². The van der Waals surface area contributed by atoms with Gasteiger partial charge in [-0.15, -0.1) is 0 Å². The molecule has 0 saturated carbocycles. The van der Waals surface area contributed by atoms with Gasteiger partial charge in [0.05, 0.1) is 0 Å². The maximum absolute atomic E-state index is 9.87. The first-order chi connectivity index (χ1) is 6.07. The summed E-state index contributed by atoms with van der Waals surface area (Å²) in [6.07, 6.45) is -7.98. The van der Waals surface area contributed by atoms with Crippen molar-refractivity contribution < 1.29 is 34.7 Å². The lowest BCUT2D eigenvalue weighted by molar-refractivity contribution is -0.328. The number of carbonyl (C=O) groups excluding carboxylic acids is 1. The highest BCUT2D eigenvalue weighted by molar-refractivity contribution is 5.37. The van der Waals surface area contributed by atoms with Crippen LogP contribution in [-0.4, -0.2) is 57.8 Å². The van der Waals surface area contributed by atoms with Crippen molar-refractivity contribution in [3.8, 4) is 0 Å². The molecule has 1 aliphatic rings. The smallest absolute Gasteiger partial charge is 0.295 e. The normalized spacial score (nSPS) is 45.7. The van der Waals surface area contributed by atoms with Gasteiger partial charge in [-0.05, 0) is 0 Å². The third-order valence-corrected chi connectivity index (χ3v) is 1.73. The average Bonchev–Trinajstić information content (AvgIpc) is 2.11. The van der Waals surface area contributed by atoms with Gasteiger partial charge >= 0.3 is 0 Å². The first kappa shape index (κ1) is 10.4. The molecular formula is C6H10O7. The fraction of sp³-hybridized carbons (Fsp3) is 0.833. The number of ether oxygens (including phenoxy) is 2. The molecule has 7 nitrogen and oxygen atoms in total. The van der Waals surface area contributed by atoms with E-state index in [1.54, 1.807) is 0 Å². The zero-order chi connectivity index (χ0) is 10.0. The largest absolute Gasteiger partial charge is 0.435 e. The summed E-state index contributed by atoms with van der Waals surface area (Å²) in [7, 11) is 0. The molecule has 0 radical (unpaired) electrons. The molecule has 0 amide bonds. The highest BCUT2D eigenvalue weighted by atomic mass is 16.8. The van der Waals surface area contributed by atoms with Crippen LogP contribution in [-0.2, 0) is 14.3 Å². The zero-order valence-electron chi connectivity index (χ0n) is 6.48. The summed E-state index contributed by atoms with van der Waals surface area (Å²) < 4.78 is 8.66. The lowest BCUT2D eigenvalue weighted by atomic mass is 10.0. The molecule has 1 heterocycles. The Kier molecular flexibility index (Phi) is 3.17. The number of aliphatic hydroxyl groups excluding tert-OH is 4. The van der Waals surface area contributed by atoms with Crippen LogP contribution in [0, 0.1) is 0 Å². The highest BCUT2D eigenvalue weighted by Crippen LogP contribution is 2.19. The molecule has 0 aliphatic carbocycles. The Morgan fingerprint density at radius 2 is 1.69 bits per heavy atom. The molecule has 1 fully saturated rings. The molecule has 5 atom stereocenters. The summed E-state index contributed by atoms with van der Waals surface area (Å²) in [5, 5.41) is 36.1. The predicted molar refractivity (Wildman–Crippen MR) is 36.0 cm³/mol. The van der Waals surface area contributed by atoms with Crippen LogP contribution < -0.4 is 0 Å². The van der Waals surface area contributed by atoms with Gasteiger partial charge in [0.15, 0.2) is 6.29 Å². The van der Waals surface area contributed by atoms with E-state index in [0.717, 1.165) is 0 Å². The minimum absolute atomic E-state index is 0.00499. The van der Waals surface area contributed by atoms with Crippen LogP contribution in [0.2, 0.25) is 0 Å². The van der Waals surface area contributed by atoms with Crippen molar-refractivity contribution in [3.05, 3.63) is 0 Å². The van der Waals surface area contributed by atoms with E-state index in [9.17, 15) is 4.79 Å². The Morgan fingerprint density at radius 3 is 2.23 bits per heavy atom. The van der Waals surface area contributed by atoms with Crippen LogP contribution in [0.25, 0.3) is 0 Å². The van der Waals surface area contributed by atoms with Crippen molar-refractivity contribution in [3.63, 3.8) is 0 Å². The Bertz CT molecular complexity index is 184. The number of hydrogen-bond donors (Lipinski definition) is 4. The lowest BCUT2D eigenvalue weighted by Crippen LogP contribution is -2.58. The molecule has 0 spiro atoms. The van der Waals surface area contributed by atoms with Gasteiger partial charge in [0.1, 0.15) is 18.3 Å². The van der Waals surface area contributed by atoms with Crippen LogP contribution in [0.4, 0.5) is 0 Å². The first-order valence-corrected chi connectivity index (χ1v) is 3.54. The van der Waals surface area contributed by atoms with Gasteiger partial charge in [0, 0.05) is 0 Å². The Hall–Kier alpha value is -0.730. The van der Waals surface area contributed by atoms with E-state index in [0.29, 0.717) is 0 Å². The van der Waals surface area contributed by atoms with Gasteiger partial charge in [-0.2, -0.15) is 0 Å². The number of hydrogen-bond acceptors (Lipinski definition) is 7. The van der Waals surface area contributed by atoms with Crippen molar-refractivity contribution in [1.82, 2.24) is 0 Å². The molecule has 76 valence electrons. The molecule has 1 rings (SSSR count). The van der Waals surface area contributed by atoms with E-state index in [1.165, 1.54) is 0 Å². The SMILES string of the molecule is O=COC1OC(O)C(O)C(O)C1O. The van der Waals surface area contributed by atoms with Gasteiger partial charge in [-0.1, -0.05) is 0 Å². The van der Waals surface area contributed by atoms with Crippen molar-refractivity contribution in [2.45, 2.75) is 30.9 Å². The molecule has 7 heteroatoms. The molecule has 4 N–H and O–H groups in total.